The van der Waals surface area contributed by atoms with Gasteiger partial charge >= 0.3 is 23.9 Å². The largest absolute Gasteiger partial charge is 0.481 e. The van der Waals surface area contributed by atoms with Crippen molar-refractivity contribution < 1.29 is 39.6 Å². The van der Waals surface area contributed by atoms with Gasteiger partial charge in [-0.3, -0.25) is 19.2 Å². The second-order valence-electron chi connectivity index (χ2n) is 8.60. The predicted octanol–water partition coefficient (Wildman–Crippen LogP) is 1.63. The molecule has 8 unspecified atom stereocenters. The fourth-order valence-corrected chi connectivity index (χ4v) is 9.29. The van der Waals surface area contributed by atoms with Crippen molar-refractivity contribution in [1.29, 1.82) is 0 Å². The van der Waals surface area contributed by atoms with Gasteiger partial charge in [0.15, 0.2) is 0 Å². The number of thioether (sulfide) groups is 1. The highest BCUT2D eigenvalue weighted by atomic mass is 32.2. The average Bonchev–Trinajstić information content (AvgIpc) is 3.28. The molecule has 9 heteroatoms. The summed E-state index contributed by atoms with van der Waals surface area (Å²) in [6.07, 6.45) is 3.21. The zero-order valence-corrected chi connectivity index (χ0v) is 15.4. The molecule has 4 aliphatic carbocycles. The molecule has 0 aliphatic heterocycles. The van der Waals surface area contributed by atoms with Crippen molar-refractivity contribution in [2.24, 2.45) is 35.5 Å². The molecule has 4 N–H and O–H groups in total. The minimum absolute atomic E-state index is 0.218. The summed E-state index contributed by atoms with van der Waals surface area (Å²) in [5.41, 5.74) is 0. The first-order valence-electron chi connectivity index (χ1n) is 9.23. The molecule has 4 saturated carbocycles. The minimum Gasteiger partial charge on any atom is -0.481 e. The second-order valence-corrected chi connectivity index (χ2v) is 10.4. The van der Waals surface area contributed by atoms with Crippen LogP contribution in [0, 0.1) is 35.5 Å². The number of carbonyl (C=O) groups is 4. The van der Waals surface area contributed by atoms with Crippen LogP contribution in [-0.2, 0) is 19.2 Å². The molecule has 0 spiro atoms. The highest BCUT2D eigenvalue weighted by Crippen LogP contribution is 2.70. The Morgan fingerprint density at radius 3 is 1.33 bits per heavy atom. The molecule has 0 saturated heterocycles. The first kappa shape index (κ1) is 18.6. The molecule has 4 bridgehead atoms. The standard InChI is InChI=1S/C18H22O8S/c19-13(20)9-7-1-3-17(5-7,11(9)15(23)24)27-18-4-2-8(6-18)10(14(21)22)12(18)16(25)26/h7-12H,1-6H2,(H,19,20)(H,21,22)(H,23,24)(H,25,26). The minimum atomic E-state index is -1.15. The number of hydrogen-bond donors (Lipinski definition) is 4. The van der Waals surface area contributed by atoms with Crippen molar-refractivity contribution in [2.75, 3.05) is 0 Å². The summed E-state index contributed by atoms with van der Waals surface area (Å²) in [4.78, 5) is 47.4. The lowest BCUT2D eigenvalue weighted by Gasteiger charge is -2.43. The Balaban J connectivity index is 1.72. The predicted molar refractivity (Wildman–Crippen MR) is 92.2 cm³/mol. The van der Waals surface area contributed by atoms with Crippen molar-refractivity contribution in [3.8, 4) is 0 Å². The van der Waals surface area contributed by atoms with Gasteiger partial charge in [0.25, 0.3) is 0 Å². The van der Waals surface area contributed by atoms with E-state index >= 15 is 0 Å². The second kappa shape index (κ2) is 5.86. The Morgan fingerprint density at radius 2 is 1.04 bits per heavy atom. The van der Waals surface area contributed by atoms with Gasteiger partial charge in [-0.15, -0.1) is 11.8 Å². The maximum atomic E-state index is 12.0. The fourth-order valence-electron chi connectivity index (χ4n) is 6.69. The van der Waals surface area contributed by atoms with Gasteiger partial charge < -0.3 is 20.4 Å². The lowest BCUT2D eigenvalue weighted by atomic mass is 9.78. The summed E-state index contributed by atoms with van der Waals surface area (Å²) in [5, 5.41) is 38.7. The van der Waals surface area contributed by atoms with Crippen LogP contribution >= 0.6 is 11.8 Å². The number of hydrogen-bond acceptors (Lipinski definition) is 5. The summed E-state index contributed by atoms with van der Waals surface area (Å²) >= 11 is 1.32. The smallest absolute Gasteiger partial charge is 0.308 e. The van der Waals surface area contributed by atoms with Crippen LogP contribution in [0.25, 0.3) is 0 Å². The van der Waals surface area contributed by atoms with Crippen molar-refractivity contribution in [2.45, 2.75) is 48.0 Å². The van der Waals surface area contributed by atoms with E-state index in [9.17, 15) is 39.6 Å². The third kappa shape index (κ3) is 2.43. The van der Waals surface area contributed by atoms with E-state index < -0.39 is 57.0 Å². The van der Waals surface area contributed by atoms with E-state index in [4.69, 9.17) is 0 Å². The van der Waals surface area contributed by atoms with Gasteiger partial charge in [0.2, 0.25) is 0 Å². The third-order valence-corrected chi connectivity index (χ3v) is 9.53. The van der Waals surface area contributed by atoms with Crippen molar-refractivity contribution >= 4 is 35.6 Å². The molecule has 0 aromatic rings. The number of rotatable bonds is 6. The molecule has 4 aliphatic rings. The third-order valence-electron chi connectivity index (χ3n) is 7.47. The first-order chi connectivity index (χ1) is 12.6. The van der Waals surface area contributed by atoms with E-state index in [2.05, 4.69) is 0 Å². The van der Waals surface area contributed by atoms with Crippen LogP contribution in [0.5, 0.6) is 0 Å². The number of carboxylic acid groups (broad SMARTS) is 4. The molecule has 8 nitrogen and oxygen atoms in total. The monoisotopic (exact) mass is 398 g/mol. The molecule has 4 fully saturated rings. The summed E-state index contributed by atoms with van der Waals surface area (Å²) in [6, 6.07) is 0. The molecule has 8 atom stereocenters. The van der Waals surface area contributed by atoms with Gasteiger partial charge in [-0.1, -0.05) is 0 Å². The van der Waals surface area contributed by atoms with Crippen molar-refractivity contribution in [3.63, 3.8) is 0 Å². The molecule has 148 valence electrons. The topological polar surface area (TPSA) is 149 Å². The molecular formula is C18H22O8S. The van der Waals surface area contributed by atoms with Crippen molar-refractivity contribution in [1.82, 2.24) is 0 Å². The average molecular weight is 398 g/mol. The Morgan fingerprint density at radius 1 is 0.667 bits per heavy atom. The quantitative estimate of drug-likeness (QED) is 0.523. The normalized spacial score (nSPS) is 47.3. The maximum absolute atomic E-state index is 12.0. The summed E-state index contributed by atoms with van der Waals surface area (Å²) < 4.78 is -1.65. The van der Waals surface area contributed by atoms with Gasteiger partial charge in [0, 0.05) is 9.49 Å². The summed E-state index contributed by atoms with van der Waals surface area (Å²) in [7, 11) is 0. The van der Waals surface area contributed by atoms with E-state index in [-0.39, 0.29) is 11.8 Å². The Kier molecular flexibility index (Phi) is 4.04. The Labute approximate surface area is 159 Å². The van der Waals surface area contributed by atoms with Gasteiger partial charge in [0.1, 0.15) is 0 Å². The van der Waals surface area contributed by atoms with Crippen LogP contribution < -0.4 is 0 Å². The van der Waals surface area contributed by atoms with E-state index in [0.29, 0.717) is 38.5 Å². The highest BCUT2D eigenvalue weighted by Gasteiger charge is 2.70. The number of aliphatic carboxylic acids is 4. The lowest BCUT2D eigenvalue weighted by Crippen LogP contribution is -2.49. The van der Waals surface area contributed by atoms with E-state index in [1.54, 1.807) is 0 Å². The van der Waals surface area contributed by atoms with Crippen LogP contribution in [0.15, 0.2) is 0 Å². The Bertz CT molecular complexity index is 677. The molecular weight excluding hydrogens is 376 g/mol. The lowest BCUT2D eigenvalue weighted by molar-refractivity contribution is -0.156. The fraction of sp³-hybridized carbons (Fsp3) is 0.778. The van der Waals surface area contributed by atoms with Gasteiger partial charge in [-0.05, 0) is 50.4 Å². The van der Waals surface area contributed by atoms with Crippen LogP contribution in [0.3, 0.4) is 0 Å². The van der Waals surface area contributed by atoms with E-state index in [0.717, 1.165) is 0 Å². The van der Waals surface area contributed by atoms with Gasteiger partial charge in [-0.25, -0.2) is 0 Å². The Hall–Kier alpha value is -1.77. The van der Waals surface area contributed by atoms with Gasteiger partial charge in [-0.2, -0.15) is 0 Å². The maximum Gasteiger partial charge on any atom is 0.308 e. The molecule has 0 aromatic carbocycles. The zero-order valence-electron chi connectivity index (χ0n) is 14.5. The summed E-state index contributed by atoms with van der Waals surface area (Å²) in [5.74, 6) is -9.01. The molecule has 0 radical (unpaired) electrons. The zero-order chi connectivity index (χ0) is 19.7. The molecule has 27 heavy (non-hydrogen) atoms. The number of fused-ring (bicyclic) bond motifs is 4. The van der Waals surface area contributed by atoms with Crippen molar-refractivity contribution in [3.05, 3.63) is 0 Å². The van der Waals surface area contributed by atoms with E-state index in [1.165, 1.54) is 11.8 Å². The number of carboxylic acids is 4. The van der Waals surface area contributed by atoms with Crippen LogP contribution in [0.4, 0.5) is 0 Å². The highest BCUT2D eigenvalue weighted by molar-refractivity contribution is 8.02. The first-order valence-corrected chi connectivity index (χ1v) is 10.0. The van der Waals surface area contributed by atoms with Crippen LogP contribution in [0.1, 0.15) is 38.5 Å². The molecule has 0 heterocycles. The SMILES string of the molecule is O=C(O)C1C2CCC(SC34CCC(C3)C(C(=O)O)C4C(=O)O)(C2)C1C(=O)O. The van der Waals surface area contributed by atoms with E-state index in [1.807, 2.05) is 0 Å². The summed E-state index contributed by atoms with van der Waals surface area (Å²) in [6.45, 7) is 0. The van der Waals surface area contributed by atoms with Crippen LogP contribution in [0.2, 0.25) is 0 Å². The molecule has 4 rings (SSSR count). The molecule has 0 amide bonds. The van der Waals surface area contributed by atoms with Crippen LogP contribution in [-0.4, -0.2) is 53.8 Å². The molecule has 0 aromatic heterocycles. The van der Waals surface area contributed by atoms with Gasteiger partial charge in [0.05, 0.1) is 23.7 Å².